The summed E-state index contributed by atoms with van der Waals surface area (Å²) in [4.78, 5) is 22.5. The lowest BCUT2D eigenvalue weighted by Crippen LogP contribution is -2.18. The maximum Gasteiger partial charge on any atom is 0.337 e. The topological polar surface area (TPSA) is 59.3 Å². The number of aromatic carboxylic acids is 1. The summed E-state index contributed by atoms with van der Waals surface area (Å²) in [7, 11) is 0. The highest BCUT2D eigenvalue weighted by atomic mass is 19.1. The van der Waals surface area contributed by atoms with Gasteiger partial charge in [-0.25, -0.2) is 9.18 Å². The van der Waals surface area contributed by atoms with Crippen LogP contribution in [0.4, 0.5) is 4.39 Å². The molecule has 0 amide bonds. The molecule has 0 saturated heterocycles. The van der Waals surface area contributed by atoms with Crippen molar-refractivity contribution in [1.29, 1.82) is 0 Å². The fraction of sp³-hybridized carbons (Fsp3) is 0.0769. The minimum absolute atomic E-state index is 0.0310. The molecule has 0 radical (unpaired) electrons. The van der Waals surface area contributed by atoms with Crippen LogP contribution in [0.1, 0.15) is 15.9 Å². The van der Waals surface area contributed by atoms with Crippen LogP contribution in [0.2, 0.25) is 0 Å². The highest BCUT2D eigenvalue weighted by Crippen LogP contribution is 2.12. The maximum absolute atomic E-state index is 13.3. The summed E-state index contributed by atoms with van der Waals surface area (Å²) in [6.45, 7) is 1.69. The number of carbonyl (C=O) groups is 1. The molecule has 2 aromatic rings. The average Bonchev–Trinajstić information content (AvgIpc) is 2.27. The standard InChI is InChI=1S/C13H10FNO3/c1-8-4-10(14)6-11(5-8)15-7-9(13(17)18)2-3-12(15)16/h2-7H,1H3,(H,17,18). The van der Waals surface area contributed by atoms with Gasteiger partial charge in [-0.15, -0.1) is 0 Å². The molecular formula is C13H10FNO3. The van der Waals surface area contributed by atoms with E-state index in [-0.39, 0.29) is 5.56 Å². The Bertz CT molecular complexity index is 656. The van der Waals surface area contributed by atoms with Crippen molar-refractivity contribution in [3.05, 3.63) is 63.8 Å². The second-order valence-electron chi connectivity index (χ2n) is 3.92. The van der Waals surface area contributed by atoms with Crippen LogP contribution in [0, 0.1) is 12.7 Å². The lowest BCUT2D eigenvalue weighted by Gasteiger charge is -2.07. The van der Waals surface area contributed by atoms with E-state index in [1.807, 2.05) is 0 Å². The van der Waals surface area contributed by atoms with Crippen molar-refractivity contribution in [1.82, 2.24) is 4.57 Å². The molecule has 1 heterocycles. The van der Waals surface area contributed by atoms with Gasteiger partial charge in [-0.1, -0.05) is 0 Å². The predicted molar refractivity (Wildman–Crippen MR) is 63.7 cm³/mol. The number of carboxylic acid groups (broad SMARTS) is 1. The normalized spacial score (nSPS) is 10.3. The number of aromatic nitrogens is 1. The van der Waals surface area contributed by atoms with Crippen LogP contribution in [0.3, 0.4) is 0 Å². The first kappa shape index (κ1) is 12.0. The molecule has 4 nitrogen and oxygen atoms in total. The number of halogens is 1. The third-order valence-electron chi connectivity index (χ3n) is 2.46. The molecule has 1 aromatic heterocycles. The summed E-state index contributed by atoms with van der Waals surface area (Å²) in [6, 6.07) is 6.47. The van der Waals surface area contributed by atoms with Gasteiger partial charge in [0.15, 0.2) is 0 Å². The zero-order valence-electron chi connectivity index (χ0n) is 9.55. The van der Waals surface area contributed by atoms with Crippen LogP contribution in [-0.4, -0.2) is 15.6 Å². The van der Waals surface area contributed by atoms with Gasteiger partial charge in [-0.3, -0.25) is 9.36 Å². The molecule has 0 aliphatic carbocycles. The largest absolute Gasteiger partial charge is 0.478 e. The van der Waals surface area contributed by atoms with Crippen molar-refractivity contribution in [2.75, 3.05) is 0 Å². The van der Waals surface area contributed by atoms with Crippen LogP contribution in [0.5, 0.6) is 0 Å². The van der Waals surface area contributed by atoms with Gasteiger partial charge in [0.2, 0.25) is 0 Å². The van der Waals surface area contributed by atoms with Crippen molar-refractivity contribution in [2.24, 2.45) is 0 Å². The van der Waals surface area contributed by atoms with Gasteiger partial charge in [-0.2, -0.15) is 0 Å². The molecule has 0 saturated carbocycles. The number of hydrogen-bond acceptors (Lipinski definition) is 2. The Kier molecular flexibility index (Phi) is 2.97. The van der Waals surface area contributed by atoms with E-state index in [0.717, 1.165) is 10.6 Å². The van der Waals surface area contributed by atoms with Crippen molar-refractivity contribution < 1.29 is 14.3 Å². The van der Waals surface area contributed by atoms with Crippen LogP contribution >= 0.6 is 0 Å². The van der Waals surface area contributed by atoms with E-state index >= 15 is 0 Å². The second kappa shape index (κ2) is 4.44. The predicted octanol–water partition coefficient (Wildman–Crippen LogP) is 1.98. The summed E-state index contributed by atoms with van der Waals surface area (Å²) in [6.07, 6.45) is 1.18. The molecule has 0 aliphatic rings. The number of carboxylic acids is 1. The van der Waals surface area contributed by atoms with Gasteiger partial charge >= 0.3 is 5.97 Å². The Morgan fingerprint density at radius 1 is 1.28 bits per heavy atom. The van der Waals surface area contributed by atoms with E-state index in [2.05, 4.69) is 0 Å². The van der Waals surface area contributed by atoms with E-state index < -0.39 is 17.3 Å². The smallest absolute Gasteiger partial charge is 0.337 e. The monoisotopic (exact) mass is 247 g/mol. The average molecular weight is 247 g/mol. The van der Waals surface area contributed by atoms with E-state index in [4.69, 9.17) is 5.11 Å². The SMILES string of the molecule is Cc1cc(F)cc(-n2cc(C(=O)O)ccc2=O)c1. The first-order valence-corrected chi connectivity index (χ1v) is 5.21. The minimum atomic E-state index is -1.14. The second-order valence-corrected chi connectivity index (χ2v) is 3.92. The van der Waals surface area contributed by atoms with Crippen molar-refractivity contribution in [3.63, 3.8) is 0 Å². The molecule has 0 bridgehead atoms. The molecule has 5 heteroatoms. The molecule has 1 aromatic carbocycles. The zero-order valence-corrected chi connectivity index (χ0v) is 9.55. The number of hydrogen-bond donors (Lipinski definition) is 1. The molecule has 0 atom stereocenters. The Hall–Kier alpha value is -2.43. The summed E-state index contributed by atoms with van der Waals surface area (Å²) in [5, 5.41) is 8.87. The Morgan fingerprint density at radius 3 is 2.61 bits per heavy atom. The van der Waals surface area contributed by atoms with Crippen LogP contribution in [-0.2, 0) is 0 Å². The number of nitrogens with zero attached hydrogens (tertiary/aromatic N) is 1. The summed E-state index contributed by atoms with van der Waals surface area (Å²) >= 11 is 0. The van der Waals surface area contributed by atoms with E-state index in [1.54, 1.807) is 13.0 Å². The fourth-order valence-corrected chi connectivity index (χ4v) is 1.67. The lowest BCUT2D eigenvalue weighted by atomic mass is 10.2. The molecule has 92 valence electrons. The van der Waals surface area contributed by atoms with E-state index in [0.29, 0.717) is 11.3 Å². The summed E-state index contributed by atoms with van der Waals surface area (Å²) in [5.74, 6) is -1.62. The first-order valence-electron chi connectivity index (χ1n) is 5.21. The quantitative estimate of drug-likeness (QED) is 0.882. The summed E-state index contributed by atoms with van der Waals surface area (Å²) in [5.41, 5.74) is 0.514. The maximum atomic E-state index is 13.3. The molecule has 0 spiro atoms. The fourth-order valence-electron chi connectivity index (χ4n) is 1.67. The highest BCUT2D eigenvalue weighted by molar-refractivity contribution is 5.87. The number of rotatable bonds is 2. The molecule has 2 rings (SSSR count). The Morgan fingerprint density at radius 2 is 2.00 bits per heavy atom. The van der Waals surface area contributed by atoms with Crippen LogP contribution in [0.15, 0.2) is 41.3 Å². The van der Waals surface area contributed by atoms with E-state index in [9.17, 15) is 14.0 Å². The molecule has 18 heavy (non-hydrogen) atoms. The number of aryl methyl sites for hydroxylation is 1. The van der Waals surface area contributed by atoms with Gasteiger partial charge in [0.1, 0.15) is 5.82 Å². The molecule has 0 fully saturated rings. The summed E-state index contributed by atoms with van der Waals surface area (Å²) < 4.78 is 14.4. The van der Waals surface area contributed by atoms with Crippen LogP contribution < -0.4 is 5.56 Å². The molecule has 0 aliphatic heterocycles. The third-order valence-corrected chi connectivity index (χ3v) is 2.46. The third kappa shape index (κ3) is 2.29. The van der Waals surface area contributed by atoms with Gasteiger partial charge in [0.25, 0.3) is 5.56 Å². The Balaban J connectivity index is 2.66. The number of benzene rings is 1. The molecule has 0 unspecified atom stereocenters. The van der Waals surface area contributed by atoms with Gasteiger partial charge in [0.05, 0.1) is 11.3 Å². The van der Waals surface area contributed by atoms with Crippen molar-refractivity contribution >= 4 is 5.97 Å². The van der Waals surface area contributed by atoms with Gasteiger partial charge in [-0.05, 0) is 36.8 Å². The van der Waals surface area contributed by atoms with Crippen molar-refractivity contribution in [2.45, 2.75) is 6.92 Å². The Labute approximate surface area is 102 Å². The molecular weight excluding hydrogens is 237 g/mol. The number of pyridine rings is 1. The van der Waals surface area contributed by atoms with Crippen molar-refractivity contribution in [3.8, 4) is 5.69 Å². The minimum Gasteiger partial charge on any atom is -0.478 e. The van der Waals surface area contributed by atoms with Gasteiger partial charge < -0.3 is 5.11 Å². The lowest BCUT2D eigenvalue weighted by molar-refractivity contribution is 0.0696. The molecule has 1 N–H and O–H groups in total. The van der Waals surface area contributed by atoms with E-state index in [1.165, 1.54) is 24.4 Å². The van der Waals surface area contributed by atoms with Crippen LogP contribution in [0.25, 0.3) is 5.69 Å². The highest BCUT2D eigenvalue weighted by Gasteiger charge is 2.07. The van der Waals surface area contributed by atoms with Gasteiger partial charge in [0, 0.05) is 12.3 Å². The zero-order chi connectivity index (χ0) is 13.3. The first-order chi connectivity index (χ1) is 8.47.